The van der Waals surface area contributed by atoms with Crippen LogP contribution in [0.4, 0.5) is 0 Å². The van der Waals surface area contributed by atoms with Crippen LogP contribution < -0.4 is 0 Å². The minimum atomic E-state index is 0.115. The summed E-state index contributed by atoms with van der Waals surface area (Å²) in [4.78, 5) is 12.8. The van der Waals surface area contributed by atoms with E-state index in [-0.39, 0.29) is 5.78 Å². The first-order valence-corrected chi connectivity index (χ1v) is 6.66. The number of hydrogen-bond acceptors (Lipinski definition) is 1. The fraction of sp³-hybridized carbons (Fsp3) is 0.278. The SMILES string of the molecule is CCc1[c]cccc1C(=O)c1c(C)cc(C)cc1C. The smallest absolute Gasteiger partial charge is 0.193 e. The molecular weight excluding hydrogens is 232 g/mol. The van der Waals surface area contributed by atoms with Crippen LogP contribution in [-0.2, 0) is 6.42 Å². The largest absolute Gasteiger partial charge is 0.289 e. The molecule has 0 aliphatic carbocycles. The average molecular weight is 251 g/mol. The standard InChI is InChI=1S/C18H19O/c1-5-15-8-6-7-9-16(15)18(19)17-13(3)10-12(2)11-14(17)4/h6-7,9-11H,5H2,1-4H3. The summed E-state index contributed by atoms with van der Waals surface area (Å²) in [6.07, 6.45) is 0.825. The van der Waals surface area contributed by atoms with E-state index in [4.69, 9.17) is 0 Å². The highest BCUT2D eigenvalue weighted by Gasteiger charge is 2.17. The van der Waals surface area contributed by atoms with E-state index in [1.165, 1.54) is 5.56 Å². The second-order valence-corrected chi connectivity index (χ2v) is 5.02. The molecule has 0 saturated heterocycles. The lowest BCUT2D eigenvalue weighted by atomic mass is 9.90. The maximum atomic E-state index is 12.8. The molecule has 0 heterocycles. The molecule has 2 aromatic carbocycles. The van der Waals surface area contributed by atoms with E-state index in [0.717, 1.165) is 34.2 Å². The Balaban J connectivity index is 2.57. The van der Waals surface area contributed by atoms with Crippen LogP contribution in [0.25, 0.3) is 0 Å². The summed E-state index contributed by atoms with van der Waals surface area (Å²) in [5.74, 6) is 0.115. The lowest BCUT2D eigenvalue weighted by molar-refractivity contribution is 0.103. The van der Waals surface area contributed by atoms with Gasteiger partial charge in [0.1, 0.15) is 0 Å². The maximum absolute atomic E-state index is 12.8. The number of carbonyl (C=O) groups is 1. The van der Waals surface area contributed by atoms with Crippen LogP contribution in [0.1, 0.15) is 45.1 Å². The van der Waals surface area contributed by atoms with E-state index in [1.54, 1.807) is 0 Å². The van der Waals surface area contributed by atoms with E-state index < -0.39 is 0 Å². The fourth-order valence-electron chi connectivity index (χ4n) is 2.65. The summed E-state index contributed by atoms with van der Waals surface area (Å²) in [7, 11) is 0. The molecule has 0 aliphatic heterocycles. The Labute approximate surface area is 115 Å². The quantitative estimate of drug-likeness (QED) is 0.747. The fourth-order valence-corrected chi connectivity index (χ4v) is 2.65. The predicted octanol–water partition coefficient (Wildman–Crippen LogP) is 4.21. The third-order valence-electron chi connectivity index (χ3n) is 3.44. The van der Waals surface area contributed by atoms with Crippen LogP contribution in [0.5, 0.6) is 0 Å². The molecule has 2 rings (SSSR count). The number of aryl methyl sites for hydroxylation is 4. The van der Waals surface area contributed by atoms with Crippen molar-refractivity contribution >= 4 is 5.78 Å². The van der Waals surface area contributed by atoms with E-state index in [0.29, 0.717) is 0 Å². The van der Waals surface area contributed by atoms with Crippen molar-refractivity contribution in [1.82, 2.24) is 0 Å². The van der Waals surface area contributed by atoms with Gasteiger partial charge in [0.05, 0.1) is 0 Å². The highest BCUT2D eigenvalue weighted by atomic mass is 16.1. The average Bonchev–Trinajstić information content (AvgIpc) is 2.37. The molecule has 1 radical (unpaired) electrons. The monoisotopic (exact) mass is 251 g/mol. The van der Waals surface area contributed by atoms with E-state index in [9.17, 15) is 4.79 Å². The van der Waals surface area contributed by atoms with Crippen LogP contribution in [0.3, 0.4) is 0 Å². The molecule has 97 valence electrons. The molecule has 0 aromatic heterocycles. The van der Waals surface area contributed by atoms with Gasteiger partial charge in [0, 0.05) is 11.1 Å². The van der Waals surface area contributed by atoms with Gasteiger partial charge in [0.2, 0.25) is 0 Å². The molecule has 19 heavy (non-hydrogen) atoms. The topological polar surface area (TPSA) is 17.1 Å². The van der Waals surface area contributed by atoms with Gasteiger partial charge in [-0.15, -0.1) is 0 Å². The van der Waals surface area contributed by atoms with Gasteiger partial charge in [0.25, 0.3) is 0 Å². The Bertz CT molecular complexity index is 600. The van der Waals surface area contributed by atoms with Crippen LogP contribution in [0.2, 0.25) is 0 Å². The Kier molecular flexibility index (Phi) is 3.84. The molecule has 2 aromatic rings. The van der Waals surface area contributed by atoms with E-state index in [1.807, 2.05) is 32.0 Å². The van der Waals surface area contributed by atoms with Crippen molar-refractivity contribution in [3.05, 3.63) is 69.8 Å². The summed E-state index contributed by atoms with van der Waals surface area (Å²) < 4.78 is 0. The second-order valence-electron chi connectivity index (χ2n) is 5.02. The van der Waals surface area contributed by atoms with Crippen molar-refractivity contribution in [2.45, 2.75) is 34.1 Å². The summed E-state index contributed by atoms with van der Waals surface area (Å²) in [5, 5.41) is 0. The lowest BCUT2D eigenvalue weighted by Gasteiger charge is -2.12. The number of rotatable bonds is 3. The van der Waals surface area contributed by atoms with Gasteiger partial charge >= 0.3 is 0 Å². The van der Waals surface area contributed by atoms with E-state index >= 15 is 0 Å². The zero-order chi connectivity index (χ0) is 14.0. The van der Waals surface area contributed by atoms with Crippen molar-refractivity contribution in [1.29, 1.82) is 0 Å². The first kappa shape index (κ1) is 13.5. The van der Waals surface area contributed by atoms with Crippen molar-refractivity contribution in [2.75, 3.05) is 0 Å². The highest BCUT2D eigenvalue weighted by Crippen LogP contribution is 2.22. The number of carbonyl (C=O) groups excluding carboxylic acids is 1. The normalized spacial score (nSPS) is 10.5. The van der Waals surface area contributed by atoms with Crippen molar-refractivity contribution in [3.8, 4) is 0 Å². The molecule has 0 atom stereocenters. The number of hydrogen-bond donors (Lipinski definition) is 0. The summed E-state index contributed by atoms with van der Waals surface area (Å²) >= 11 is 0. The van der Waals surface area contributed by atoms with Gasteiger partial charge < -0.3 is 0 Å². The first-order chi connectivity index (χ1) is 9.04. The molecule has 0 unspecified atom stereocenters. The van der Waals surface area contributed by atoms with Crippen LogP contribution in [-0.4, -0.2) is 5.78 Å². The number of ketones is 1. The number of benzene rings is 2. The second kappa shape index (κ2) is 5.40. The van der Waals surface area contributed by atoms with Gasteiger partial charge in [-0.05, 0) is 49.9 Å². The molecule has 0 amide bonds. The molecule has 0 fully saturated rings. The summed E-state index contributed by atoms with van der Waals surface area (Å²) in [5.41, 5.74) is 5.90. The van der Waals surface area contributed by atoms with E-state index in [2.05, 4.69) is 32.0 Å². The van der Waals surface area contributed by atoms with Gasteiger partial charge in [-0.2, -0.15) is 0 Å². The molecule has 0 spiro atoms. The third kappa shape index (κ3) is 2.60. The Morgan fingerprint density at radius 3 is 2.37 bits per heavy atom. The Morgan fingerprint density at radius 1 is 1.16 bits per heavy atom. The Hall–Kier alpha value is -1.89. The molecule has 0 N–H and O–H groups in total. The van der Waals surface area contributed by atoms with Gasteiger partial charge in [0.15, 0.2) is 5.78 Å². The first-order valence-electron chi connectivity index (χ1n) is 6.66. The molecule has 0 saturated carbocycles. The molecule has 1 heteroatoms. The van der Waals surface area contributed by atoms with Crippen LogP contribution in [0, 0.1) is 26.8 Å². The van der Waals surface area contributed by atoms with Gasteiger partial charge in [-0.3, -0.25) is 4.79 Å². The van der Waals surface area contributed by atoms with Crippen LogP contribution >= 0.6 is 0 Å². The third-order valence-corrected chi connectivity index (χ3v) is 3.44. The van der Waals surface area contributed by atoms with Crippen molar-refractivity contribution in [2.24, 2.45) is 0 Å². The van der Waals surface area contributed by atoms with Gasteiger partial charge in [-0.1, -0.05) is 42.8 Å². The van der Waals surface area contributed by atoms with Crippen LogP contribution in [0.15, 0.2) is 30.3 Å². The molecule has 1 nitrogen and oxygen atoms in total. The van der Waals surface area contributed by atoms with Gasteiger partial charge in [-0.25, -0.2) is 0 Å². The Morgan fingerprint density at radius 2 is 1.79 bits per heavy atom. The lowest BCUT2D eigenvalue weighted by Crippen LogP contribution is -2.09. The predicted molar refractivity (Wildman–Crippen MR) is 78.7 cm³/mol. The minimum Gasteiger partial charge on any atom is -0.289 e. The zero-order valence-electron chi connectivity index (χ0n) is 12.0. The van der Waals surface area contributed by atoms with Crippen molar-refractivity contribution in [3.63, 3.8) is 0 Å². The minimum absolute atomic E-state index is 0.115. The molecule has 0 aliphatic rings. The molecular formula is C18H19O. The zero-order valence-corrected chi connectivity index (χ0v) is 12.0. The summed E-state index contributed by atoms with van der Waals surface area (Å²) in [6, 6.07) is 12.9. The van der Waals surface area contributed by atoms with Crippen molar-refractivity contribution < 1.29 is 4.79 Å². The maximum Gasteiger partial charge on any atom is 0.193 e. The summed E-state index contributed by atoms with van der Waals surface area (Å²) in [6.45, 7) is 8.12. The molecule has 0 bridgehead atoms. The highest BCUT2D eigenvalue weighted by molar-refractivity contribution is 6.11.